The number of rotatable bonds is 5. The molecule has 1 aliphatic carbocycles. The van der Waals surface area contributed by atoms with Crippen molar-refractivity contribution in [3.05, 3.63) is 71.5 Å². The van der Waals surface area contributed by atoms with Gasteiger partial charge in [0.15, 0.2) is 0 Å². The minimum Gasteiger partial charge on any atom is -0.506 e. The van der Waals surface area contributed by atoms with Gasteiger partial charge in [0.05, 0.1) is 17.1 Å². The molecule has 0 unspecified atom stereocenters. The second kappa shape index (κ2) is 8.86. The fourth-order valence-electron chi connectivity index (χ4n) is 4.97. The van der Waals surface area contributed by atoms with E-state index in [1.165, 1.54) is 12.1 Å². The molecule has 0 aromatic heterocycles. The molecule has 3 aromatic rings. The number of amides is 2. The molecular weight excluding hydrogens is 490 g/mol. The van der Waals surface area contributed by atoms with Crippen molar-refractivity contribution in [2.45, 2.75) is 44.4 Å². The summed E-state index contributed by atoms with van der Waals surface area (Å²) in [7, 11) is 0. The van der Waals surface area contributed by atoms with Gasteiger partial charge in [-0.05, 0) is 66.3 Å². The first-order valence-electron chi connectivity index (χ1n) is 11.8. The first kappa shape index (κ1) is 24.7. The summed E-state index contributed by atoms with van der Waals surface area (Å²) in [4.78, 5) is 14.6. The maximum Gasteiger partial charge on any atom is 0.573 e. The molecule has 0 bridgehead atoms. The lowest BCUT2D eigenvalue weighted by atomic mass is 9.82. The Labute approximate surface area is 210 Å². The number of nitrogens with one attached hydrogen (secondary N) is 2. The van der Waals surface area contributed by atoms with Crippen molar-refractivity contribution in [3.63, 3.8) is 0 Å². The first-order chi connectivity index (χ1) is 17.4. The van der Waals surface area contributed by atoms with Gasteiger partial charge in [-0.2, -0.15) is 0 Å². The van der Waals surface area contributed by atoms with Crippen LogP contribution in [0.4, 0.5) is 45.1 Å². The number of benzene rings is 3. The molecule has 1 aliphatic heterocycles. The molecule has 2 amide bonds. The minimum atomic E-state index is -4.81. The van der Waals surface area contributed by atoms with Crippen LogP contribution in [0, 0.1) is 5.82 Å². The molecule has 1 fully saturated rings. The lowest BCUT2D eigenvalue weighted by Gasteiger charge is -2.25. The molecule has 0 saturated heterocycles. The van der Waals surface area contributed by atoms with E-state index in [2.05, 4.69) is 15.4 Å². The molecule has 1 heterocycles. The van der Waals surface area contributed by atoms with Crippen molar-refractivity contribution in [2.75, 3.05) is 22.1 Å². The highest BCUT2D eigenvalue weighted by Crippen LogP contribution is 2.56. The van der Waals surface area contributed by atoms with Gasteiger partial charge in [-0.3, -0.25) is 0 Å². The number of para-hydroxylation sites is 2. The second-order valence-corrected chi connectivity index (χ2v) is 9.93. The Morgan fingerprint density at radius 2 is 1.76 bits per heavy atom. The van der Waals surface area contributed by atoms with Crippen LogP contribution < -0.4 is 20.3 Å². The first-order valence-corrected chi connectivity index (χ1v) is 11.8. The molecule has 3 aromatic carbocycles. The number of carbonyl (C=O) groups excluding carboxylic acids is 1. The molecule has 10 heteroatoms. The molecule has 0 spiro atoms. The van der Waals surface area contributed by atoms with Crippen LogP contribution in [0.5, 0.6) is 11.5 Å². The normalized spacial score (nSPS) is 16.3. The van der Waals surface area contributed by atoms with Gasteiger partial charge in [-0.25, -0.2) is 9.18 Å². The molecule has 0 atom stereocenters. The van der Waals surface area contributed by atoms with Crippen LogP contribution in [0.15, 0.2) is 54.6 Å². The third kappa shape index (κ3) is 5.00. The molecule has 3 N–H and O–H groups in total. The smallest absolute Gasteiger partial charge is 0.506 e. The molecule has 2 aliphatic rings. The van der Waals surface area contributed by atoms with Crippen molar-refractivity contribution in [3.8, 4) is 11.5 Å². The summed E-state index contributed by atoms with van der Waals surface area (Å²) < 4.78 is 55.9. The van der Waals surface area contributed by atoms with Crippen LogP contribution in [-0.4, -0.2) is 24.0 Å². The van der Waals surface area contributed by atoms with E-state index in [4.69, 9.17) is 0 Å². The molecule has 37 heavy (non-hydrogen) atoms. The largest absolute Gasteiger partial charge is 0.573 e. The van der Waals surface area contributed by atoms with Crippen LogP contribution in [0.2, 0.25) is 0 Å². The average molecular weight is 516 g/mol. The number of ether oxygens (including phenoxy) is 1. The summed E-state index contributed by atoms with van der Waals surface area (Å²) in [6, 6.07) is 12.4. The summed E-state index contributed by atoms with van der Waals surface area (Å²) in [5.74, 6) is -0.824. The highest BCUT2D eigenvalue weighted by molar-refractivity contribution is 6.02. The monoisotopic (exact) mass is 515 g/mol. The average Bonchev–Trinajstić information content (AvgIpc) is 3.59. The van der Waals surface area contributed by atoms with Gasteiger partial charge in [-0.1, -0.05) is 26.0 Å². The fraction of sp³-hybridized carbons (Fsp3) is 0.296. The number of phenolic OH excluding ortho intramolecular Hbond substituents is 1. The van der Waals surface area contributed by atoms with Crippen molar-refractivity contribution < 1.29 is 32.2 Å². The van der Waals surface area contributed by atoms with E-state index in [0.717, 1.165) is 36.6 Å². The van der Waals surface area contributed by atoms with Crippen LogP contribution in [0.1, 0.15) is 43.7 Å². The van der Waals surface area contributed by atoms with Crippen molar-refractivity contribution >= 4 is 28.8 Å². The zero-order valence-corrected chi connectivity index (χ0v) is 20.1. The lowest BCUT2D eigenvalue weighted by Crippen LogP contribution is -2.27. The van der Waals surface area contributed by atoms with E-state index in [0.29, 0.717) is 29.2 Å². The molecular formula is C27H25F4N3O3. The number of carbonyl (C=O) groups is 1. The van der Waals surface area contributed by atoms with Crippen molar-refractivity contribution in [1.82, 2.24) is 0 Å². The zero-order chi connectivity index (χ0) is 26.5. The number of halogens is 4. The number of phenols is 1. The van der Waals surface area contributed by atoms with E-state index < -0.39 is 29.4 Å². The standard InChI is InChI=1S/C27H25F4N3O3/c1-26(2)14-34(24-21(35)13-18(28)22(23(24)26)15-7-8-15)20-6-4-3-5-19(20)33-25(36)32-16-9-11-17(12-10-16)37-27(29,30)31/h3-6,9-13,15,35H,7-8,14H2,1-2H3,(H2,32,33,36). The summed E-state index contributed by atoms with van der Waals surface area (Å²) in [6.07, 6.45) is -2.99. The Balaban J connectivity index is 1.40. The maximum atomic E-state index is 14.9. The number of fused-ring (bicyclic) bond motifs is 1. The van der Waals surface area contributed by atoms with Crippen LogP contribution in [0.3, 0.4) is 0 Å². The van der Waals surface area contributed by atoms with E-state index >= 15 is 0 Å². The summed E-state index contributed by atoms with van der Waals surface area (Å²) >= 11 is 0. The van der Waals surface area contributed by atoms with Gasteiger partial charge < -0.3 is 25.4 Å². The Morgan fingerprint density at radius 3 is 2.41 bits per heavy atom. The number of hydrogen-bond donors (Lipinski definition) is 3. The SMILES string of the molecule is CC1(C)CN(c2ccccc2NC(=O)Nc2ccc(OC(F)(F)F)cc2)c2c(O)cc(F)c(C3CC3)c21. The van der Waals surface area contributed by atoms with Gasteiger partial charge in [0.25, 0.3) is 0 Å². The van der Waals surface area contributed by atoms with E-state index in [-0.39, 0.29) is 17.4 Å². The maximum absolute atomic E-state index is 14.9. The number of urea groups is 1. The predicted molar refractivity (Wildman–Crippen MR) is 132 cm³/mol. The van der Waals surface area contributed by atoms with Crippen LogP contribution in [0.25, 0.3) is 0 Å². The molecule has 194 valence electrons. The number of aromatic hydroxyl groups is 1. The zero-order valence-electron chi connectivity index (χ0n) is 20.1. The van der Waals surface area contributed by atoms with Crippen molar-refractivity contribution in [1.29, 1.82) is 0 Å². The van der Waals surface area contributed by atoms with Crippen molar-refractivity contribution in [2.24, 2.45) is 0 Å². The van der Waals surface area contributed by atoms with Gasteiger partial charge in [0.2, 0.25) is 0 Å². The van der Waals surface area contributed by atoms with Gasteiger partial charge in [-0.15, -0.1) is 13.2 Å². The quantitative estimate of drug-likeness (QED) is 0.310. The molecule has 6 nitrogen and oxygen atoms in total. The fourth-order valence-corrected chi connectivity index (χ4v) is 4.97. The third-order valence-corrected chi connectivity index (χ3v) is 6.54. The molecule has 0 radical (unpaired) electrons. The number of alkyl halides is 3. The minimum absolute atomic E-state index is 0.139. The second-order valence-electron chi connectivity index (χ2n) is 9.93. The van der Waals surface area contributed by atoms with E-state index in [1.54, 1.807) is 24.3 Å². The summed E-state index contributed by atoms with van der Waals surface area (Å²) in [5.41, 5.74) is 2.83. The predicted octanol–water partition coefficient (Wildman–Crippen LogP) is 7.38. The summed E-state index contributed by atoms with van der Waals surface area (Å²) in [5, 5.41) is 16.2. The highest BCUT2D eigenvalue weighted by Gasteiger charge is 2.44. The van der Waals surface area contributed by atoms with Gasteiger partial charge in [0, 0.05) is 23.7 Å². The number of hydrogen-bond acceptors (Lipinski definition) is 4. The Kier molecular flexibility index (Phi) is 5.92. The molecule has 1 saturated carbocycles. The van der Waals surface area contributed by atoms with E-state index in [9.17, 15) is 27.5 Å². The Bertz CT molecular complexity index is 1350. The van der Waals surface area contributed by atoms with Crippen LogP contribution >= 0.6 is 0 Å². The summed E-state index contributed by atoms with van der Waals surface area (Å²) in [6.45, 7) is 4.47. The van der Waals surface area contributed by atoms with E-state index in [1.807, 2.05) is 18.7 Å². The Morgan fingerprint density at radius 1 is 1.08 bits per heavy atom. The Hall–Kier alpha value is -3.95. The molecule has 5 rings (SSSR count). The number of nitrogens with zero attached hydrogens (tertiary/aromatic N) is 1. The topological polar surface area (TPSA) is 73.8 Å². The lowest BCUT2D eigenvalue weighted by molar-refractivity contribution is -0.274. The highest BCUT2D eigenvalue weighted by atomic mass is 19.4. The van der Waals surface area contributed by atoms with Gasteiger partial charge in [0.1, 0.15) is 17.3 Å². The van der Waals surface area contributed by atoms with Gasteiger partial charge >= 0.3 is 12.4 Å². The van der Waals surface area contributed by atoms with Crippen LogP contribution in [-0.2, 0) is 5.41 Å². The third-order valence-electron chi connectivity index (χ3n) is 6.54. The number of anilines is 4.